The van der Waals surface area contributed by atoms with Crippen LogP contribution in [0.25, 0.3) is 0 Å². The third-order valence-electron chi connectivity index (χ3n) is 15.7. The summed E-state index contributed by atoms with van der Waals surface area (Å²) in [7, 11) is 0. The number of allylic oxidation sites excluding steroid dienone is 17. The van der Waals surface area contributed by atoms with Crippen molar-refractivity contribution in [3.8, 4) is 0 Å². The molecule has 6 N–H and O–H groups in total. The number of carbonyl (C=O) groups is 2. The van der Waals surface area contributed by atoms with E-state index in [1.54, 1.807) is 6.08 Å². The topological polar surface area (TPSA) is 175 Å². The van der Waals surface area contributed by atoms with Gasteiger partial charge in [-0.25, -0.2) is 0 Å². The lowest BCUT2D eigenvalue weighted by molar-refractivity contribution is -0.305. The van der Waals surface area contributed by atoms with Crippen LogP contribution < -0.4 is 5.32 Å². The minimum atomic E-state index is -1.63. The van der Waals surface area contributed by atoms with Crippen molar-refractivity contribution in [2.45, 2.75) is 333 Å². The van der Waals surface area contributed by atoms with Gasteiger partial charge >= 0.3 is 5.97 Å². The first-order valence-electron chi connectivity index (χ1n) is 34.7. The molecule has 1 saturated heterocycles. The van der Waals surface area contributed by atoms with E-state index in [1.165, 1.54) is 141 Å². The fourth-order valence-corrected chi connectivity index (χ4v) is 10.2. The molecule has 8 unspecified atom stereocenters. The zero-order valence-corrected chi connectivity index (χ0v) is 54.2. The molecule has 0 aliphatic carbocycles. The molecule has 0 spiro atoms. The van der Waals surface area contributed by atoms with Crippen molar-refractivity contribution in [2.24, 2.45) is 0 Å². The predicted molar refractivity (Wildman–Crippen MR) is 356 cm³/mol. The standard InChI is InChI=1S/C74H127NO10/c1-4-7-10-13-16-19-22-25-27-29-31-33-34-35-37-39-41-44-47-50-53-56-59-62-69(79)85-72-71(81)70(80)68(63-76)84-74(72)83-64-65(66(77)60-57-54-51-48-45-42-24-21-18-15-12-9-6-3)75-73(82)67(78)61-58-55-52-49-46-43-40-38-36-32-30-28-26-23-20-17-14-11-8-5-2/h8,11,16-17,19-20,25-28,32,36,40,43,49,52,57,60,65-68,70-72,74,76-78,80-81H,4-7,9-10,12-15,18,21-24,29-31,33-35,37-39,41-42,44-48,50-51,53-56,58-59,61-64H2,1-3H3,(H,75,82)/b11-8-,19-16-,20-17-,27-25-,28-26-,36-32-,43-40-,52-49-,60-57+. The molecule has 0 aromatic rings. The van der Waals surface area contributed by atoms with E-state index in [0.717, 1.165) is 89.9 Å². The van der Waals surface area contributed by atoms with Crippen LogP contribution in [-0.2, 0) is 23.8 Å². The summed E-state index contributed by atoms with van der Waals surface area (Å²) in [4.78, 5) is 26.7. The molecule has 0 radical (unpaired) electrons. The van der Waals surface area contributed by atoms with Gasteiger partial charge in [-0.15, -0.1) is 0 Å². The molecule has 11 nitrogen and oxygen atoms in total. The highest BCUT2D eigenvalue weighted by atomic mass is 16.7. The van der Waals surface area contributed by atoms with Crippen LogP contribution in [0.2, 0.25) is 0 Å². The van der Waals surface area contributed by atoms with Gasteiger partial charge in [0.25, 0.3) is 0 Å². The van der Waals surface area contributed by atoms with Crippen molar-refractivity contribution in [2.75, 3.05) is 13.2 Å². The maximum Gasteiger partial charge on any atom is 0.306 e. The van der Waals surface area contributed by atoms with E-state index in [0.29, 0.717) is 19.3 Å². The Kier molecular flexibility index (Phi) is 56.6. The van der Waals surface area contributed by atoms with Crippen molar-refractivity contribution in [3.63, 3.8) is 0 Å². The number of unbranched alkanes of at least 4 members (excludes halogenated alkanes) is 28. The maximum absolute atomic E-state index is 13.5. The van der Waals surface area contributed by atoms with E-state index >= 15 is 0 Å². The number of ether oxygens (including phenoxy) is 3. The SMILES string of the molecule is CC/C=C\C/C=C\C/C=C\C/C=C\C/C=C\C/C=C\CCCC(O)C(=O)NC(COC1OC(CO)C(O)C(O)C1OC(=O)CCCCCCCCCCCCCCC/C=C\C/C=C\CCCCC)C(O)/C=C/CCCCCCCCCCCCC. The van der Waals surface area contributed by atoms with Gasteiger partial charge in [-0.2, -0.15) is 0 Å². The number of carbonyl (C=O) groups excluding carboxylic acids is 2. The molecule has 8 atom stereocenters. The summed E-state index contributed by atoms with van der Waals surface area (Å²) < 4.78 is 17.7. The molecule has 1 heterocycles. The molecule has 488 valence electrons. The maximum atomic E-state index is 13.5. The first kappa shape index (κ1) is 79.3. The Balaban J connectivity index is 2.65. The predicted octanol–water partition coefficient (Wildman–Crippen LogP) is 17.6. The largest absolute Gasteiger partial charge is 0.454 e. The number of rotatable bonds is 58. The van der Waals surface area contributed by atoms with E-state index in [1.807, 2.05) is 12.2 Å². The fourth-order valence-electron chi connectivity index (χ4n) is 10.2. The average molecular weight is 1190 g/mol. The number of hydrogen-bond acceptors (Lipinski definition) is 10. The molecule has 85 heavy (non-hydrogen) atoms. The number of amides is 1. The lowest BCUT2D eigenvalue weighted by Crippen LogP contribution is -2.61. The van der Waals surface area contributed by atoms with E-state index in [-0.39, 0.29) is 19.4 Å². The van der Waals surface area contributed by atoms with E-state index in [9.17, 15) is 35.1 Å². The van der Waals surface area contributed by atoms with Crippen molar-refractivity contribution < 1.29 is 49.3 Å². The summed E-state index contributed by atoms with van der Waals surface area (Å²) >= 11 is 0. The number of hydrogen-bond donors (Lipinski definition) is 6. The molecule has 1 aliphatic rings. The minimum Gasteiger partial charge on any atom is -0.454 e. The Morgan fingerprint density at radius 3 is 1.29 bits per heavy atom. The second kappa shape index (κ2) is 60.6. The number of nitrogens with one attached hydrogen (secondary N) is 1. The van der Waals surface area contributed by atoms with Crippen LogP contribution in [0.1, 0.15) is 284 Å². The summed E-state index contributed by atoms with van der Waals surface area (Å²) in [6.07, 6.45) is 72.7. The third kappa shape index (κ3) is 48.0. The van der Waals surface area contributed by atoms with Crippen LogP contribution in [0.4, 0.5) is 0 Å². The highest BCUT2D eigenvalue weighted by molar-refractivity contribution is 5.80. The molecule has 0 aromatic heterocycles. The lowest BCUT2D eigenvalue weighted by Gasteiger charge is -2.41. The summed E-state index contributed by atoms with van der Waals surface area (Å²) in [6, 6.07) is -1.05. The van der Waals surface area contributed by atoms with Gasteiger partial charge in [0.2, 0.25) is 5.91 Å². The molecule has 0 bridgehead atoms. The van der Waals surface area contributed by atoms with E-state index in [4.69, 9.17) is 14.2 Å². The van der Waals surface area contributed by atoms with Gasteiger partial charge in [0, 0.05) is 6.42 Å². The van der Waals surface area contributed by atoms with Gasteiger partial charge in [-0.05, 0) is 109 Å². The van der Waals surface area contributed by atoms with E-state index in [2.05, 4.69) is 117 Å². The van der Waals surface area contributed by atoms with Crippen molar-refractivity contribution >= 4 is 11.9 Å². The number of esters is 1. The number of aliphatic hydroxyl groups is 5. The van der Waals surface area contributed by atoms with Gasteiger partial charge in [-0.3, -0.25) is 9.59 Å². The Bertz CT molecular complexity index is 1800. The Hall–Kier alpha value is -3.68. The Labute approximate surface area is 519 Å². The van der Waals surface area contributed by atoms with Crippen LogP contribution in [0.15, 0.2) is 109 Å². The molecular weight excluding hydrogens is 1060 g/mol. The van der Waals surface area contributed by atoms with Gasteiger partial charge in [0.1, 0.15) is 24.4 Å². The van der Waals surface area contributed by atoms with Gasteiger partial charge < -0.3 is 45.1 Å². The second-order valence-electron chi connectivity index (χ2n) is 23.5. The van der Waals surface area contributed by atoms with Crippen LogP contribution in [0, 0.1) is 0 Å². The number of aliphatic hydroxyl groups excluding tert-OH is 5. The molecule has 1 rings (SSSR count). The smallest absolute Gasteiger partial charge is 0.306 e. The molecule has 1 amide bonds. The molecule has 0 aromatic carbocycles. The summed E-state index contributed by atoms with van der Waals surface area (Å²) in [6.45, 7) is 5.64. The zero-order chi connectivity index (χ0) is 61.7. The molecular formula is C74H127NO10. The van der Waals surface area contributed by atoms with Gasteiger partial charge in [0.05, 0.1) is 25.4 Å². The van der Waals surface area contributed by atoms with Crippen LogP contribution in [0.5, 0.6) is 0 Å². The molecule has 1 fully saturated rings. The van der Waals surface area contributed by atoms with Crippen LogP contribution >= 0.6 is 0 Å². The summed E-state index contributed by atoms with van der Waals surface area (Å²) in [5, 5.41) is 57.2. The first-order chi connectivity index (χ1) is 41.7. The summed E-state index contributed by atoms with van der Waals surface area (Å²) in [5.74, 6) is -1.24. The Morgan fingerprint density at radius 2 is 0.847 bits per heavy atom. The monoisotopic (exact) mass is 1190 g/mol. The highest BCUT2D eigenvalue weighted by Crippen LogP contribution is 2.26. The fraction of sp³-hybridized carbons (Fsp3) is 0.730. The second-order valence-corrected chi connectivity index (χ2v) is 23.5. The van der Waals surface area contributed by atoms with Crippen LogP contribution in [0.3, 0.4) is 0 Å². The lowest BCUT2D eigenvalue weighted by atomic mass is 9.99. The third-order valence-corrected chi connectivity index (χ3v) is 15.7. The summed E-state index contributed by atoms with van der Waals surface area (Å²) in [5.41, 5.74) is 0. The van der Waals surface area contributed by atoms with Crippen molar-refractivity contribution in [1.82, 2.24) is 5.32 Å². The molecule has 11 heteroatoms. The molecule has 0 saturated carbocycles. The van der Waals surface area contributed by atoms with Crippen molar-refractivity contribution in [1.29, 1.82) is 0 Å². The normalized spacial score (nSPS) is 19.1. The van der Waals surface area contributed by atoms with Crippen LogP contribution in [-0.4, -0.2) is 99.6 Å². The van der Waals surface area contributed by atoms with Gasteiger partial charge in [-0.1, -0.05) is 278 Å². The Morgan fingerprint density at radius 1 is 0.471 bits per heavy atom. The van der Waals surface area contributed by atoms with Gasteiger partial charge in [0.15, 0.2) is 12.4 Å². The quantitative estimate of drug-likeness (QED) is 0.0195. The van der Waals surface area contributed by atoms with Crippen molar-refractivity contribution in [3.05, 3.63) is 109 Å². The molecule has 1 aliphatic heterocycles. The van der Waals surface area contributed by atoms with E-state index < -0.39 is 67.4 Å². The first-order valence-corrected chi connectivity index (χ1v) is 34.7. The zero-order valence-electron chi connectivity index (χ0n) is 54.2. The highest BCUT2D eigenvalue weighted by Gasteiger charge is 2.47. The average Bonchev–Trinajstić information content (AvgIpc) is 3.12. The minimum absolute atomic E-state index is 0.113.